The van der Waals surface area contributed by atoms with Gasteiger partial charge < -0.3 is 4.79 Å². The Hall–Kier alpha value is -0.0831. The Morgan fingerprint density at radius 3 is 2.23 bits per heavy atom. The number of rotatable bonds is 4. The average Bonchev–Trinajstić information content (AvgIpc) is 2.01. The van der Waals surface area contributed by atoms with E-state index in [0.717, 1.165) is 6.42 Å². The van der Waals surface area contributed by atoms with Crippen molar-refractivity contribution < 1.29 is 4.79 Å². The Kier molecular flexibility index (Phi) is 4.93. The summed E-state index contributed by atoms with van der Waals surface area (Å²) in [6.07, 6.45) is 2.61. The van der Waals surface area contributed by atoms with Crippen molar-refractivity contribution in [1.29, 1.82) is 0 Å². The van der Waals surface area contributed by atoms with E-state index in [9.17, 15) is 4.79 Å². The molecule has 0 heterocycles. The fourth-order valence-electron chi connectivity index (χ4n) is 0.679. The Bertz CT molecular complexity index is 215. The van der Waals surface area contributed by atoms with E-state index in [2.05, 4.69) is 6.92 Å². The van der Waals surface area contributed by atoms with Gasteiger partial charge in [0.15, 0.2) is 0 Å². The SMILES string of the molecule is CCC(C)/C(Cl)=C\C(=O)[Si](C)(C)C. The van der Waals surface area contributed by atoms with E-state index in [1.165, 1.54) is 0 Å². The first-order chi connectivity index (χ1) is 5.79. The molecule has 0 aromatic rings. The van der Waals surface area contributed by atoms with Crippen LogP contribution in [0.15, 0.2) is 11.1 Å². The molecule has 13 heavy (non-hydrogen) atoms. The summed E-state index contributed by atoms with van der Waals surface area (Å²) < 4.78 is 0. The minimum Gasteiger partial charge on any atom is -0.301 e. The smallest absolute Gasteiger partial charge is 0.133 e. The molecule has 0 N–H and O–H groups in total. The fraction of sp³-hybridized carbons (Fsp3) is 0.700. The highest BCUT2D eigenvalue weighted by Crippen LogP contribution is 2.19. The quantitative estimate of drug-likeness (QED) is 0.521. The molecule has 76 valence electrons. The predicted octanol–water partition coefficient (Wildman–Crippen LogP) is 3.60. The lowest BCUT2D eigenvalue weighted by Crippen LogP contribution is -2.31. The second-order valence-electron chi connectivity index (χ2n) is 4.45. The molecular formula is C10H19ClOSi. The average molecular weight is 219 g/mol. The Labute approximate surface area is 87.2 Å². The standard InChI is InChI=1S/C10H19ClOSi/c1-6-8(2)9(11)7-10(12)13(3,4)5/h7-8H,6H2,1-5H3/b9-7+. The lowest BCUT2D eigenvalue weighted by atomic mass is 10.1. The first-order valence-electron chi connectivity index (χ1n) is 4.70. The summed E-state index contributed by atoms with van der Waals surface area (Å²) >= 11 is 5.99. The van der Waals surface area contributed by atoms with E-state index in [4.69, 9.17) is 11.6 Å². The maximum absolute atomic E-state index is 11.6. The number of hydrogen-bond acceptors (Lipinski definition) is 1. The molecule has 0 saturated carbocycles. The minimum absolute atomic E-state index is 0.234. The van der Waals surface area contributed by atoms with E-state index in [1.54, 1.807) is 6.08 Å². The van der Waals surface area contributed by atoms with Crippen LogP contribution in [0.25, 0.3) is 0 Å². The van der Waals surface area contributed by atoms with E-state index in [0.29, 0.717) is 11.0 Å². The van der Waals surface area contributed by atoms with Crippen LogP contribution in [-0.2, 0) is 4.79 Å². The van der Waals surface area contributed by atoms with Crippen LogP contribution in [0.4, 0.5) is 0 Å². The summed E-state index contributed by atoms with van der Waals surface area (Å²) in [5, 5.41) is 0.938. The first kappa shape index (κ1) is 12.9. The van der Waals surface area contributed by atoms with Crippen LogP contribution in [-0.4, -0.2) is 13.5 Å². The maximum atomic E-state index is 11.6. The molecule has 3 heteroatoms. The van der Waals surface area contributed by atoms with Crippen molar-refractivity contribution in [3.05, 3.63) is 11.1 Å². The van der Waals surface area contributed by atoms with Gasteiger partial charge in [0.25, 0.3) is 0 Å². The Balaban J connectivity index is 4.49. The second kappa shape index (κ2) is 4.96. The topological polar surface area (TPSA) is 17.1 Å². The molecule has 0 saturated heterocycles. The van der Waals surface area contributed by atoms with Gasteiger partial charge in [-0.25, -0.2) is 0 Å². The fourth-order valence-corrected chi connectivity index (χ4v) is 1.61. The third kappa shape index (κ3) is 4.63. The van der Waals surface area contributed by atoms with Crippen LogP contribution in [0.2, 0.25) is 19.6 Å². The van der Waals surface area contributed by atoms with Gasteiger partial charge in [0.2, 0.25) is 0 Å². The first-order valence-corrected chi connectivity index (χ1v) is 8.58. The summed E-state index contributed by atoms with van der Waals surface area (Å²) in [5.41, 5.74) is 0. The number of hydrogen-bond donors (Lipinski definition) is 0. The van der Waals surface area contributed by atoms with Crippen molar-refractivity contribution in [2.24, 2.45) is 5.92 Å². The zero-order valence-corrected chi connectivity index (χ0v) is 10.9. The highest BCUT2D eigenvalue weighted by atomic mass is 35.5. The van der Waals surface area contributed by atoms with Crippen LogP contribution in [0.3, 0.4) is 0 Å². The molecule has 0 fully saturated rings. The molecule has 0 aliphatic rings. The molecule has 1 atom stereocenters. The zero-order valence-electron chi connectivity index (χ0n) is 9.15. The van der Waals surface area contributed by atoms with Gasteiger partial charge in [0.05, 0.1) is 0 Å². The highest BCUT2D eigenvalue weighted by molar-refractivity contribution is 7.05. The van der Waals surface area contributed by atoms with Crippen molar-refractivity contribution in [3.8, 4) is 0 Å². The summed E-state index contributed by atoms with van der Waals surface area (Å²) in [5.74, 6) is 0.307. The molecule has 0 spiro atoms. The van der Waals surface area contributed by atoms with Gasteiger partial charge in [0, 0.05) is 5.03 Å². The molecule has 0 rings (SSSR count). The summed E-state index contributed by atoms with van der Waals surface area (Å²) in [6.45, 7) is 10.2. The molecule has 0 bridgehead atoms. The van der Waals surface area contributed by atoms with Crippen molar-refractivity contribution in [3.63, 3.8) is 0 Å². The number of carbonyl (C=O) groups excluding carboxylic acids is 1. The lowest BCUT2D eigenvalue weighted by molar-refractivity contribution is -0.108. The predicted molar refractivity (Wildman–Crippen MR) is 61.7 cm³/mol. The van der Waals surface area contributed by atoms with Gasteiger partial charge in [0.1, 0.15) is 13.5 Å². The van der Waals surface area contributed by atoms with E-state index in [-0.39, 0.29) is 5.41 Å². The van der Waals surface area contributed by atoms with Crippen LogP contribution < -0.4 is 0 Å². The van der Waals surface area contributed by atoms with Crippen LogP contribution in [0.1, 0.15) is 20.3 Å². The van der Waals surface area contributed by atoms with Crippen LogP contribution in [0, 0.1) is 5.92 Å². The van der Waals surface area contributed by atoms with Crippen molar-refractivity contribution >= 4 is 25.1 Å². The van der Waals surface area contributed by atoms with Crippen molar-refractivity contribution in [1.82, 2.24) is 0 Å². The van der Waals surface area contributed by atoms with Crippen LogP contribution in [0.5, 0.6) is 0 Å². The Morgan fingerprint density at radius 2 is 1.92 bits per heavy atom. The van der Waals surface area contributed by atoms with Crippen molar-refractivity contribution in [2.45, 2.75) is 39.9 Å². The van der Waals surface area contributed by atoms with E-state index < -0.39 is 8.07 Å². The monoisotopic (exact) mass is 218 g/mol. The summed E-state index contributed by atoms with van der Waals surface area (Å²) in [4.78, 5) is 11.6. The van der Waals surface area contributed by atoms with Gasteiger partial charge in [-0.3, -0.25) is 0 Å². The third-order valence-electron chi connectivity index (χ3n) is 2.09. The minimum atomic E-state index is -1.68. The van der Waals surface area contributed by atoms with E-state index >= 15 is 0 Å². The molecule has 0 aromatic heterocycles. The number of halogens is 1. The molecule has 0 aromatic carbocycles. The maximum Gasteiger partial charge on any atom is 0.133 e. The van der Waals surface area contributed by atoms with E-state index in [1.807, 2.05) is 26.6 Å². The summed E-state index contributed by atoms with van der Waals surface area (Å²) in [6, 6.07) is 0. The van der Waals surface area contributed by atoms with Gasteiger partial charge in [-0.1, -0.05) is 45.1 Å². The van der Waals surface area contributed by atoms with Gasteiger partial charge in [-0.15, -0.1) is 0 Å². The Morgan fingerprint density at radius 1 is 1.46 bits per heavy atom. The summed E-state index contributed by atoms with van der Waals surface area (Å²) in [7, 11) is -1.68. The van der Waals surface area contributed by atoms with Crippen LogP contribution >= 0.6 is 11.6 Å². The molecule has 0 aliphatic heterocycles. The molecule has 0 radical (unpaired) electrons. The van der Waals surface area contributed by atoms with Crippen molar-refractivity contribution in [2.75, 3.05) is 0 Å². The molecular weight excluding hydrogens is 200 g/mol. The van der Waals surface area contributed by atoms with Gasteiger partial charge >= 0.3 is 0 Å². The number of allylic oxidation sites excluding steroid dienone is 2. The normalized spacial score (nSPS) is 15.7. The second-order valence-corrected chi connectivity index (χ2v) is 9.88. The number of carbonyl (C=O) groups is 1. The largest absolute Gasteiger partial charge is 0.301 e. The highest BCUT2D eigenvalue weighted by Gasteiger charge is 2.22. The van der Waals surface area contributed by atoms with Gasteiger partial charge in [-0.2, -0.15) is 0 Å². The molecule has 0 amide bonds. The van der Waals surface area contributed by atoms with Gasteiger partial charge in [-0.05, 0) is 18.4 Å². The molecule has 0 aliphatic carbocycles. The third-order valence-corrected chi connectivity index (χ3v) is 4.20. The molecule has 1 unspecified atom stereocenters. The molecule has 1 nitrogen and oxygen atoms in total. The lowest BCUT2D eigenvalue weighted by Gasteiger charge is -2.12. The zero-order chi connectivity index (χ0) is 10.6.